The van der Waals surface area contributed by atoms with E-state index in [-0.39, 0.29) is 36.3 Å². The van der Waals surface area contributed by atoms with E-state index < -0.39 is 5.60 Å². The molecule has 25 heavy (non-hydrogen) atoms. The van der Waals surface area contributed by atoms with Crippen molar-refractivity contribution in [2.45, 2.75) is 50.8 Å². The number of hydrogen-bond donors (Lipinski definition) is 4. The van der Waals surface area contributed by atoms with E-state index >= 15 is 0 Å². The van der Waals surface area contributed by atoms with E-state index in [9.17, 15) is 9.90 Å². The lowest BCUT2D eigenvalue weighted by Crippen LogP contribution is -2.53. The third kappa shape index (κ3) is 4.47. The molecule has 1 aromatic carbocycles. The van der Waals surface area contributed by atoms with E-state index in [2.05, 4.69) is 10.3 Å². The van der Waals surface area contributed by atoms with Crippen LogP contribution in [0, 0.1) is 5.92 Å². The van der Waals surface area contributed by atoms with Crippen LogP contribution in [-0.2, 0) is 0 Å². The van der Waals surface area contributed by atoms with Gasteiger partial charge >= 0.3 is 0 Å². The molecule has 1 aliphatic rings. The maximum Gasteiger partial charge on any atom is 0.268 e. The summed E-state index contributed by atoms with van der Waals surface area (Å²) in [7, 11) is 0. The Hall–Kier alpha value is -1.27. The van der Waals surface area contributed by atoms with Crippen LogP contribution < -0.4 is 11.1 Å². The van der Waals surface area contributed by atoms with Crippen LogP contribution in [0.15, 0.2) is 24.3 Å². The Balaban J connectivity index is 0.00000225. The van der Waals surface area contributed by atoms with E-state index in [0.717, 1.165) is 23.7 Å². The van der Waals surface area contributed by atoms with Crippen LogP contribution >= 0.6 is 24.0 Å². The third-order valence-corrected chi connectivity index (χ3v) is 5.28. The predicted octanol–water partition coefficient (Wildman–Crippen LogP) is 3.24. The van der Waals surface area contributed by atoms with E-state index in [1.165, 1.54) is 0 Å². The molecule has 7 heteroatoms. The summed E-state index contributed by atoms with van der Waals surface area (Å²) in [5.41, 5.74) is 6.88. The first-order chi connectivity index (χ1) is 11.2. The van der Waals surface area contributed by atoms with E-state index in [0.29, 0.717) is 17.1 Å². The highest BCUT2D eigenvalue weighted by Gasteiger charge is 2.36. The number of rotatable bonds is 3. The van der Waals surface area contributed by atoms with Gasteiger partial charge in [0.2, 0.25) is 0 Å². The number of fused-ring (bicyclic) bond motifs is 1. The number of amides is 1. The van der Waals surface area contributed by atoms with Crippen molar-refractivity contribution in [3.05, 3.63) is 35.0 Å². The number of carbonyl (C=O) groups excluding carboxylic acids is 1. The molecule has 138 valence electrons. The summed E-state index contributed by atoms with van der Waals surface area (Å²) in [5.74, 6) is 0.000325. The molecule has 0 saturated heterocycles. The van der Waals surface area contributed by atoms with Crippen LogP contribution in [0.1, 0.15) is 43.6 Å². The zero-order valence-electron chi connectivity index (χ0n) is 14.4. The molecule has 0 radical (unpaired) electrons. The van der Waals surface area contributed by atoms with Gasteiger partial charge in [-0.2, -0.15) is 0 Å². The number of H-pyrrole nitrogens is 1. The van der Waals surface area contributed by atoms with Gasteiger partial charge < -0.3 is 21.1 Å². The minimum Gasteiger partial charge on any atom is -0.390 e. The van der Waals surface area contributed by atoms with E-state index in [4.69, 9.17) is 17.3 Å². The maximum atomic E-state index is 12.5. The summed E-state index contributed by atoms with van der Waals surface area (Å²) in [6.07, 6.45) is 2.33. The first-order valence-electron chi connectivity index (χ1n) is 8.31. The van der Waals surface area contributed by atoms with Crippen LogP contribution in [0.3, 0.4) is 0 Å². The topological polar surface area (TPSA) is 91.1 Å². The van der Waals surface area contributed by atoms with Gasteiger partial charge in [0.1, 0.15) is 5.69 Å². The van der Waals surface area contributed by atoms with Crippen LogP contribution in [0.5, 0.6) is 0 Å². The number of nitrogens with two attached hydrogens (primary N) is 1. The second-order valence-corrected chi connectivity index (χ2v) is 7.76. The molecular formula is C18H25Cl2N3O2. The first-order valence-corrected chi connectivity index (χ1v) is 8.69. The summed E-state index contributed by atoms with van der Waals surface area (Å²) >= 11 is 5.98. The van der Waals surface area contributed by atoms with Gasteiger partial charge in [-0.25, -0.2) is 0 Å². The van der Waals surface area contributed by atoms with Gasteiger partial charge in [0.15, 0.2) is 0 Å². The molecule has 1 amide bonds. The normalized spacial score (nSPS) is 24.0. The summed E-state index contributed by atoms with van der Waals surface area (Å²) < 4.78 is 0. The molecule has 0 bridgehead atoms. The number of aromatic nitrogens is 1. The number of halogens is 2. The van der Waals surface area contributed by atoms with Gasteiger partial charge in [0.05, 0.1) is 5.60 Å². The van der Waals surface area contributed by atoms with Crippen molar-refractivity contribution in [3.63, 3.8) is 0 Å². The number of nitrogens with one attached hydrogen (secondary N) is 2. The Kier molecular flexibility index (Phi) is 6.05. The molecule has 0 unspecified atom stereocenters. The van der Waals surface area contributed by atoms with Crippen molar-refractivity contribution in [1.82, 2.24) is 10.3 Å². The van der Waals surface area contributed by atoms with Crippen molar-refractivity contribution in [3.8, 4) is 0 Å². The zero-order chi connectivity index (χ0) is 17.5. The summed E-state index contributed by atoms with van der Waals surface area (Å²) in [4.78, 5) is 15.6. The fourth-order valence-corrected chi connectivity index (χ4v) is 3.68. The van der Waals surface area contributed by atoms with Crippen molar-refractivity contribution in [1.29, 1.82) is 0 Å². The van der Waals surface area contributed by atoms with Gasteiger partial charge in [0.25, 0.3) is 5.91 Å². The third-order valence-electron chi connectivity index (χ3n) is 5.04. The highest BCUT2D eigenvalue weighted by atomic mass is 35.5. The molecule has 5 nitrogen and oxygen atoms in total. The average Bonchev–Trinajstić information content (AvgIpc) is 2.91. The number of aliphatic hydroxyl groups is 1. The SMILES string of the molecule is CC(C)(O)[C@@H]1CC[C@@H](NC(=O)c2cc3cc(Cl)ccc3[nH]2)[C@@H](N)C1.Cl. The van der Waals surface area contributed by atoms with Gasteiger partial charge in [-0.3, -0.25) is 4.79 Å². The lowest BCUT2D eigenvalue weighted by Gasteiger charge is -2.39. The van der Waals surface area contributed by atoms with Crippen molar-refractivity contribution in [2.75, 3.05) is 0 Å². The van der Waals surface area contributed by atoms with Crippen LogP contribution in [0.25, 0.3) is 10.9 Å². The molecule has 3 atom stereocenters. The first kappa shape index (κ1) is 20.0. The molecule has 0 spiro atoms. The highest BCUT2D eigenvalue weighted by Crippen LogP contribution is 2.32. The molecule has 1 fully saturated rings. The lowest BCUT2D eigenvalue weighted by molar-refractivity contribution is -0.00651. The van der Waals surface area contributed by atoms with Gasteiger partial charge in [-0.15, -0.1) is 12.4 Å². The number of carbonyl (C=O) groups is 1. The maximum absolute atomic E-state index is 12.5. The highest BCUT2D eigenvalue weighted by molar-refractivity contribution is 6.31. The molecule has 1 saturated carbocycles. The Morgan fingerprint density at radius 2 is 2.08 bits per heavy atom. The van der Waals surface area contributed by atoms with Crippen LogP contribution in [0.4, 0.5) is 0 Å². The molecule has 1 heterocycles. The van der Waals surface area contributed by atoms with E-state index in [1.807, 2.05) is 26.0 Å². The standard InChI is InChI=1S/C18H24ClN3O2.ClH/c1-18(2,24)11-3-5-15(13(20)9-11)22-17(23)16-8-10-7-12(19)4-6-14(10)21-16;/h4,6-8,11,13,15,21,24H,3,5,9,20H2,1-2H3,(H,22,23);1H/t11-,13+,15-;/m1./s1. The minimum atomic E-state index is -0.733. The van der Waals surface area contributed by atoms with Crippen LogP contribution in [0.2, 0.25) is 5.02 Å². The minimum absolute atomic E-state index is 0. The Morgan fingerprint density at radius 1 is 1.36 bits per heavy atom. The smallest absolute Gasteiger partial charge is 0.268 e. The summed E-state index contributed by atoms with van der Waals surface area (Å²) in [6.45, 7) is 3.64. The second-order valence-electron chi connectivity index (χ2n) is 7.32. The van der Waals surface area contributed by atoms with Gasteiger partial charge in [-0.1, -0.05) is 11.6 Å². The molecule has 3 rings (SSSR count). The quantitative estimate of drug-likeness (QED) is 0.653. The number of aromatic amines is 1. The number of benzene rings is 1. The average molecular weight is 386 g/mol. The molecule has 5 N–H and O–H groups in total. The molecule has 0 aliphatic heterocycles. The molecule has 1 aromatic heterocycles. The fraction of sp³-hybridized carbons (Fsp3) is 0.500. The summed E-state index contributed by atoms with van der Waals surface area (Å²) in [6, 6.07) is 7.03. The lowest BCUT2D eigenvalue weighted by atomic mass is 9.75. The molecule has 2 aromatic rings. The Labute approximate surface area is 158 Å². The monoisotopic (exact) mass is 385 g/mol. The van der Waals surface area contributed by atoms with Gasteiger partial charge in [-0.05, 0) is 63.3 Å². The van der Waals surface area contributed by atoms with Gasteiger partial charge in [0, 0.05) is 28.0 Å². The number of hydrogen-bond acceptors (Lipinski definition) is 3. The van der Waals surface area contributed by atoms with E-state index in [1.54, 1.807) is 12.1 Å². The van der Waals surface area contributed by atoms with Crippen molar-refractivity contribution < 1.29 is 9.90 Å². The largest absolute Gasteiger partial charge is 0.390 e. The summed E-state index contributed by atoms with van der Waals surface area (Å²) in [5, 5.41) is 14.7. The Morgan fingerprint density at radius 3 is 2.72 bits per heavy atom. The van der Waals surface area contributed by atoms with Crippen LogP contribution in [-0.4, -0.2) is 33.7 Å². The molecule has 1 aliphatic carbocycles. The second kappa shape index (κ2) is 7.54. The zero-order valence-corrected chi connectivity index (χ0v) is 16.0. The Bertz CT molecular complexity index is 754. The predicted molar refractivity (Wildman–Crippen MR) is 103 cm³/mol. The van der Waals surface area contributed by atoms with Crippen molar-refractivity contribution in [2.24, 2.45) is 11.7 Å². The molecular weight excluding hydrogens is 361 g/mol. The fourth-order valence-electron chi connectivity index (χ4n) is 3.50. The van der Waals surface area contributed by atoms with Crippen molar-refractivity contribution >= 4 is 40.8 Å².